The van der Waals surface area contributed by atoms with Crippen LogP contribution in [-0.2, 0) is 32.7 Å². The minimum Gasteiger partial charge on any atom is -0.462 e. The van der Waals surface area contributed by atoms with Crippen molar-refractivity contribution < 1.29 is 42.1 Å². The Kier molecular flexibility index (Phi) is 28.8. The second kappa shape index (κ2) is 30.1. The average Bonchev–Trinajstić information content (AvgIpc) is 3.01. The van der Waals surface area contributed by atoms with Crippen LogP contribution in [0.25, 0.3) is 0 Å². The molecule has 0 saturated carbocycles. The van der Waals surface area contributed by atoms with Crippen molar-refractivity contribution in [2.75, 3.05) is 47.5 Å². The van der Waals surface area contributed by atoms with Crippen LogP contribution in [0.3, 0.4) is 0 Å². The van der Waals surface area contributed by atoms with E-state index in [0.29, 0.717) is 17.4 Å². The molecule has 0 aromatic rings. The molecule has 0 fully saturated rings. The summed E-state index contributed by atoms with van der Waals surface area (Å²) in [5.41, 5.74) is 0. The fourth-order valence-electron chi connectivity index (χ4n) is 4.29. The number of hydrogen-bond acceptors (Lipinski definition) is 7. The first kappa shape index (κ1) is 45.0. The molecule has 2 unspecified atom stereocenters. The van der Waals surface area contributed by atoms with Crippen molar-refractivity contribution in [1.82, 2.24) is 0 Å². The Bertz CT molecular complexity index is 954. The number of carbonyl (C=O) groups excluding carboxylic acids is 2. The molecule has 0 rings (SSSR count). The van der Waals surface area contributed by atoms with Gasteiger partial charge in [0, 0.05) is 12.8 Å². The molecule has 0 amide bonds. The van der Waals surface area contributed by atoms with Gasteiger partial charge in [-0.05, 0) is 51.4 Å². The summed E-state index contributed by atoms with van der Waals surface area (Å²) in [6, 6.07) is 0. The quantitative estimate of drug-likeness (QED) is 0.0192. The number of unbranched alkanes of at least 4 members (excludes halogenated alkanes) is 11. The summed E-state index contributed by atoms with van der Waals surface area (Å²) >= 11 is 0. The predicted molar refractivity (Wildman–Crippen MR) is 192 cm³/mol. The number of ether oxygens (including phenoxy) is 2. The second-order valence-corrected chi connectivity index (χ2v) is 14.4. The van der Waals surface area contributed by atoms with Gasteiger partial charge in [0.15, 0.2) is 6.10 Å². The number of phosphoric ester groups is 1. The van der Waals surface area contributed by atoms with Gasteiger partial charge >= 0.3 is 19.8 Å². The summed E-state index contributed by atoms with van der Waals surface area (Å²) in [6.07, 6.45) is 31.7. The maximum atomic E-state index is 12.6. The number of carbonyl (C=O) groups is 2. The number of likely N-dealkylation sites (N-methyl/N-ethyl adjacent to an activating group) is 1. The van der Waals surface area contributed by atoms with E-state index in [9.17, 15) is 19.0 Å². The molecule has 272 valence electrons. The van der Waals surface area contributed by atoms with Crippen LogP contribution in [0.5, 0.6) is 0 Å². The standard InChI is InChI=1S/C37H66NO8P/c1-6-8-10-12-14-16-18-19-20-22-24-26-28-30-37(40)46-35(34-45-47(41,42)44-32-31-38(3,4)5)33-43-36(39)29-27-25-23-21-17-15-13-11-9-7-2/h8,10,12-16,18,35H,6-7,9,11,17,19-34H2,1-5H3/p+1/b10-8+,14-12+,15-13+,18-16+. The third-order valence-electron chi connectivity index (χ3n) is 7.15. The molecule has 2 atom stereocenters. The van der Waals surface area contributed by atoms with Gasteiger partial charge in [-0.3, -0.25) is 18.6 Å². The highest BCUT2D eigenvalue weighted by atomic mass is 31.2. The van der Waals surface area contributed by atoms with Crippen molar-refractivity contribution in [3.63, 3.8) is 0 Å². The van der Waals surface area contributed by atoms with E-state index in [4.69, 9.17) is 18.5 Å². The van der Waals surface area contributed by atoms with E-state index in [1.807, 2.05) is 39.4 Å². The van der Waals surface area contributed by atoms with Crippen LogP contribution in [-0.4, -0.2) is 74.9 Å². The monoisotopic (exact) mass is 684 g/mol. The van der Waals surface area contributed by atoms with Gasteiger partial charge in [0.2, 0.25) is 0 Å². The van der Waals surface area contributed by atoms with Crippen molar-refractivity contribution in [3.8, 4) is 0 Å². The summed E-state index contributed by atoms with van der Waals surface area (Å²) in [7, 11) is 1.44. The van der Waals surface area contributed by atoms with Crippen LogP contribution in [0.2, 0.25) is 0 Å². The van der Waals surface area contributed by atoms with Gasteiger partial charge in [0.05, 0.1) is 27.7 Å². The molecule has 0 saturated heterocycles. The van der Waals surface area contributed by atoms with Gasteiger partial charge in [0.1, 0.15) is 19.8 Å². The Morgan fingerprint density at radius 1 is 0.681 bits per heavy atom. The third kappa shape index (κ3) is 33.7. The largest absolute Gasteiger partial charge is 0.472 e. The second-order valence-electron chi connectivity index (χ2n) is 12.9. The number of esters is 2. The Hall–Kier alpha value is -2.03. The number of phosphoric acid groups is 1. The van der Waals surface area contributed by atoms with E-state index < -0.39 is 32.5 Å². The Balaban J connectivity index is 4.54. The molecule has 0 aliphatic heterocycles. The SMILES string of the molecule is CC/C=C/C=C/C=C/CCCCCCCC(=O)OC(COC(=O)CCCCCC/C=C/CCCC)COP(=O)(O)OCC[N+](C)(C)C. The number of allylic oxidation sites excluding steroid dienone is 8. The summed E-state index contributed by atoms with van der Waals surface area (Å²) in [6.45, 7) is 4.16. The van der Waals surface area contributed by atoms with Crippen molar-refractivity contribution in [2.24, 2.45) is 0 Å². The fraction of sp³-hybridized carbons (Fsp3) is 0.730. The molecule has 1 N–H and O–H groups in total. The highest BCUT2D eigenvalue weighted by Crippen LogP contribution is 2.43. The zero-order chi connectivity index (χ0) is 35.1. The highest BCUT2D eigenvalue weighted by Gasteiger charge is 2.27. The molecule has 0 spiro atoms. The molecule has 0 aromatic heterocycles. The highest BCUT2D eigenvalue weighted by molar-refractivity contribution is 7.47. The van der Waals surface area contributed by atoms with Crippen LogP contribution in [0, 0.1) is 0 Å². The first-order valence-corrected chi connectivity index (χ1v) is 19.4. The molecule has 9 nitrogen and oxygen atoms in total. The van der Waals surface area contributed by atoms with Gasteiger partial charge in [0.25, 0.3) is 0 Å². The van der Waals surface area contributed by atoms with Gasteiger partial charge in [-0.2, -0.15) is 0 Å². The normalized spacial score (nSPS) is 14.4. The number of nitrogens with zero attached hydrogens (tertiary/aromatic N) is 1. The average molecular weight is 685 g/mol. The smallest absolute Gasteiger partial charge is 0.462 e. The van der Waals surface area contributed by atoms with E-state index >= 15 is 0 Å². The zero-order valence-electron chi connectivity index (χ0n) is 30.2. The van der Waals surface area contributed by atoms with Gasteiger partial charge in [-0.25, -0.2) is 4.57 Å². The van der Waals surface area contributed by atoms with E-state index in [2.05, 4.69) is 44.2 Å². The number of hydrogen-bond donors (Lipinski definition) is 1. The van der Waals surface area contributed by atoms with E-state index in [1.165, 1.54) is 12.8 Å². The van der Waals surface area contributed by atoms with Crippen LogP contribution < -0.4 is 0 Å². The zero-order valence-corrected chi connectivity index (χ0v) is 31.1. The third-order valence-corrected chi connectivity index (χ3v) is 8.14. The van der Waals surface area contributed by atoms with Gasteiger partial charge < -0.3 is 18.9 Å². The Labute approximate surface area is 286 Å². The summed E-state index contributed by atoms with van der Waals surface area (Å²) in [5.74, 6) is -0.847. The number of rotatable bonds is 31. The van der Waals surface area contributed by atoms with Crippen LogP contribution in [0.4, 0.5) is 0 Å². The summed E-state index contributed by atoms with van der Waals surface area (Å²) in [5, 5.41) is 0. The summed E-state index contributed by atoms with van der Waals surface area (Å²) < 4.78 is 34.0. The maximum absolute atomic E-state index is 12.6. The first-order chi connectivity index (χ1) is 22.5. The van der Waals surface area contributed by atoms with Gasteiger partial charge in [-0.1, -0.05) is 107 Å². The minimum absolute atomic E-state index is 0.0237. The minimum atomic E-state index is -4.37. The first-order valence-electron chi connectivity index (χ1n) is 17.9. The lowest BCUT2D eigenvalue weighted by atomic mass is 10.1. The molecular weight excluding hydrogens is 617 g/mol. The van der Waals surface area contributed by atoms with E-state index in [1.54, 1.807) is 0 Å². The molecule has 0 aliphatic rings. The lowest BCUT2D eigenvalue weighted by molar-refractivity contribution is -0.870. The van der Waals surface area contributed by atoms with Gasteiger partial charge in [-0.15, -0.1) is 0 Å². The molecule has 0 bridgehead atoms. The molecule has 0 aromatic carbocycles. The van der Waals surface area contributed by atoms with Crippen LogP contribution in [0.1, 0.15) is 123 Å². The van der Waals surface area contributed by atoms with E-state index in [0.717, 1.165) is 77.0 Å². The van der Waals surface area contributed by atoms with Crippen molar-refractivity contribution in [2.45, 2.75) is 129 Å². The molecular formula is C37H67NO8P+. The lowest BCUT2D eigenvalue weighted by Crippen LogP contribution is -2.37. The molecule has 0 aliphatic carbocycles. The Morgan fingerprint density at radius 2 is 1.23 bits per heavy atom. The predicted octanol–water partition coefficient (Wildman–Crippen LogP) is 9.18. The van der Waals surface area contributed by atoms with Crippen molar-refractivity contribution in [3.05, 3.63) is 48.6 Å². The molecule has 0 radical (unpaired) electrons. The van der Waals surface area contributed by atoms with E-state index in [-0.39, 0.29) is 26.1 Å². The number of quaternary nitrogens is 1. The van der Waals surface area contributed by atoms with Crippen LogP contribution >= 0.6 is 7.82 Å². The summed E-state index contributed by atoms with van der Waals surface area (Å²) in [4.78, 5) is 35.0. The van der Waals surface area contributed by atoms with Crippen LogP contribution in [0.15, 0.2) is 48.6 Å². The van der Waals surface area contributed by atoms with Crippen molar-refractivity contribution >= 4 is 19.8 Å². The molecule has 10 heteroatoms. The molecule has 47 heavy (non-hydrogen) atoms. The van der Waals surface area contributed by atoms with Crippen molar-refractivity contribution in [1.29, 1.82) is 0 Å². The lowest BCUT2D eigenvalue weighted by Gasteiger charge is -2.24. The Morgan fingerprint density at radius 3 is 1.85 bits per heavy atom. The molecule has 0 heterocycles. The fourth-order valence-corrected chi connectivity index (χ4v) is 5.03. The topological polar surface area (TPSA) is 108 Å². The maximum Gasteiger partial charge on any atom is 0.472 e.